The molecule has 1 aliphatic heterocycles. The summed E-state index contributed by atoms with van der Waals surface area (Å²) in [7, 11) is 1.68. The second-order valence-electron chi connectivity index (χ2n) is 7.41. The normalized spacial score (nSPS) is 17.6. The molecule has 0 amide bonds. The Kier molecular flexibility index (Phi) is 4.99. The highest BCUT2D eigenvalue weighted by molar-refractivity contribution is 7.13. The zero-order valence-corrected chi connectivity index (χ0v) is 17.2. The van der Waals surface area contributed by atoms with Gasteiger partial charge in [-0.3, -0.25) is 4.90 Å². The average molecular weight is 406 g/mol. The number of fused-ring (bicyclic) bond motifs is 1. The summed E-state index contributed by atoms with van der Waals surface area (Å²) >= 11 is 1.74. The van der Waals surface area contributed by atoms with Crippen LogP contribution in [0.3, 0.4) is 0 Å². The van der Waals surface area contributed by atoms with E-state index in [2.05, 4.69) is 51.8 Å². The highest BCUT2D eigenvalue weighted by Crippen LogP contribution is 2.29. The Hall–Kier alpha value is -2.77. The molecule has 7 heteroatoms. The predicted molar refractivity (Wildman–Crippen MR) is 114 cm³/mol. The van der Waals surface area contributed by atoms with Crippen molar-refractivity contribution in [2.24, 2.45) is 0 Å². The minimum atomic E-state index is 0.344. The van der Waals surface area contributed by atoms with Gasteiger partial charge in [-0.15, -0.1) is 11.3 Å². The van der Waals surface area contributed by atoms with Gasteiger partial charge in [0.05, 0.1) is 7.11 Å². The first-order valence-corrected chi connectivity index (χ1v) is 10.8. The molecule has 0 saturated carbocycles. The van der Waals surface area contributed by atoms with E-state index in [4.69, 9.17) is 14.8 Å². The maximum atomic E-state index is 5.42. The SMILES string of the molecule is COc1ncccc1CN1CCC[C@@H](c2nc3ccc(-c4cccs4)cn3n2)C1. The van der Waals surface area contributed by atoms with Crippen LogP contribution in [0.25, 0.3) is 16.1 Å². The average Bonchev–Trinajstić information content (AvgIpc) is 3.44. The highest BCUT2D eigenvalue weighted by Gasteiger charge is 2.25. The summed E-state index contributed by atoms with van der Waals surface area (Å²) in [5, 5.41) is 6.93. The van der Waals surface area contributed by atoms with Gasteiger partial charge in [0.25, 0.3) is 0 Å². The van der Waals surface area contributed by atoms with Crippen molar-refractivity contribution in [3.05, 3.63) is 65.6 Å². The molecule has 0 aromatic carbocycles. The van der Waals surface area contributed by atoms with Crippen LogP contribution >= 0.6 is 11.3 Å². The molecular formula is C22H23N5OS. The summed E-state index contributed by atoms with van der Waals surface area (Å²) in [6.07, 6.45) is 6.11. The maximum absolute atomic E-state index is 5.42. The molecule has 0 spiro atoms. The number of hydrogen-bond donors (Lipinski definition) is 0. The molecule has 0 N–H and O–H groups in total. The molecule has 1 fully saturated rings. The number of likely N-dealkylation sites (tertiary alicyclic amines) is 1. The van der Waals surface area contributed by atoms with E-state index in [1.165, 1.54) is 10.4 Å². The third-order valence-corrected chi connectivity index (χ3v) is 6.38. The zero-order valence-electron chi connectivity index (χ0n) is 16.4. The van der Waals surface area contributed by atoms with Crippen molar-refractivity contribution in [2.45, 2.75) is 25.3 Å². The third kappa shape index (κ3) is 3.75. The van der Waals surface area contributed by atoms with Gasteiger partial charge in [-0.05, 0) is 49.0 Å². The third-order valence-electron chi connectivity index (χ3n) is 5.46. The highest BCUT2D eigenvalue weighted by atomic mass is 32.1. The van der Waals surface area contributed by atoms with E-state index in [9.17, 15) is 0 Å². The Balaban J connectivity index is 1.35. The summed E-state index contributed by atoms with van der Waals surface area (Å²) < 4.78 is 7.34. The topological polar surface area (TPSA) is 55.5 Å². The first-order chi connectivity index (χ1) is 14.3. The fourth-order valence-electron chi connectivity index (χ4n) is 4.04. The Morgan fingerprint density at radius 2 is 2.17 bits per heavy atom. The van der Waals surface area contributed by atoms with Gasteiger partial charge in [-0.2, -0.15) is 5.10 Å². The van der Waals surface area contributed by atoms with Crippen molar-refractivity contribution in [1.82, 2.24) is 24.5 Å². The lowest BCUT2D eigenvalue weighted by atomic mass is 9.97. The van der Waals surface area contributed by atoms with Crippen LogP contribution in [0.2, 0.25) is 0 Å². The second kappa shape index (κ2) is 7.93. The smallest absolute Gasteiger partial charge is 0.217 e. The molecule has 0 aliphatic carbocycles. The standard InChI is InChI=1S/C22H23N5OS/c1-28-22-18(5-2-10-23-22)14-26-11-3-6-17(13-26)21-24-20-9-8-16(15-27(20)25-21)19-7-4-12-29-19/h2,4-5,7-10,12,15,17H,3,6,11,13-14H2,1H3/t17-/m1/s1. The van der Waals surface area contributed by atoms with Gasteiger partial charge in [0.1, 0.15) is 0 Å². The van der Waals surface area contributed by atoms with Gasteiger partial charge in [0.2, 0.25) is 5.88 Å². The minimum absolute atomic E-state index is 0.344. The quantitative estimate of drug-likeness (QED) is 0.497. The van der Waals surface area contributed by atoms with Crippen LogP contribution in [-0.4, -0.2) is 44.7 Å². The number of thiophene rings is 1. The maximum Gasteiger partial charge on any atom is 0.217 e. The van der Waals surface area contributed by atoms with E-state index in [-0.39, 0.29) is 0 Å². The van der Waals surface area contributed by atoms with E-state index in [0.29, 0.717) is 11.8 Å². The van der Waals surface area contributed by atoms with Gasteiger partial charge in [0, 0.05) is 47.4 Å². The van der Waals surface area contributed by atoms with Gasteiger partial charge in [0.15, 0.2) is 11.5 Å². The molecule has 148 valence electrons. The first-order valence-electron chi connectivity index (χ1n) is 9.90. The van der Waals surface area contributed by atoms with E-state index in [0.717, 1.165) is 49.5 Å². The van der Waals surface area contributed by atoms with Gasteiger partial charge >= 0.3 is 0 Å². The molecule has 4 aromatic heterocycles. The Morgan fingerprint density at radius 3 is 3.03 bits per heavy atom. The Morgan fingerprint density at radius 1 is 1.21 bits per heavy atom. The number of piperidine rings is 1. The van der Waals surface area contributed by atoms with Crippen LogP contribution in [0, 0.1) is 0 Å². The number of methoxy groups -OCH3 is 1. The molecule has 29 heavy (non-hydrogen) atoms. The minimum Gasteiger partial charge on any atom is -0.481 e. The van der Waals surface area contributed by atoms with Crippen LogP contribution in [0.4, 0.5) is 0 Å². The van der Waals surface area contributed by atoms with Crippen molar-refractivity contribution in [3.63, 3.8) is 0 Å². The van der Waals surface area contributed by atoms with Crippen LogP contribution in [-0.2, 0) is 6.54 Å². The van der Waals surface area contributed by atoms with E-state index in [1.54, 1.807) is 24.6 Å². The van der Waals surface area contributed by atoms with E-state index >= 15 is 0 Å². The zero-order chi connectivity index (χ0) is 19.6. The van der Waals surface area contributed by atoms with Crippen molar-refractivity contribution >= 4 is 17.0 Å². The largest absolute Gasteiger partial charge is 0.481 e. The van der Waals surface area contributed by atoms with Crippen LogP contribution in [0.15, 0.2) is 54.2 Å². The van der Waals surface area contributed by atoms with Crippen molar-refractivity contribution in [1.29, 1.82) is 0 Å². The summed E-state index contributed by atoms with van der Waals surface area (Å²) in [5.74, 6) is 1.99. The number of pyridine rings is 2. The lowest BCUT2D eigenvalue weighted by molar-refractivity contribution is 0.194. The van der Waals surface area contributed by atoms with Crippen molar-refractivity contribution in [2.75, 3.05) is 20.2 Å². The van der Waals surface area contributed by atoms with Crippen molar-refractivity contribution < 1.29 is 4.74 Å². The molecule has 1 atom stereocenters. The molecule has 5 heterocycles. The summed E-state index contributed by atoms with van der Waals surface area (Å²) in [6, 6.07) is 12.5. The van der Waals surface area contributed by atoms with Gasteiger partial charge in [-0.1, -0.05) is 12.1 Å². The molecule has 0 unspecified atom stereocenters. The molecule has 1 aliphatic rings. The predicted octanol–water partition coefficient (Wildman–Crippen LogP) is 4.24. The first kappa shape index (κ1) is 18.3. The number of nitrogens with zero attached hydrogens (tertiary/aromatic N) is 5. The Bertz CT molecular complexity index is 1110. The summed E-state index contributed by atoms with van der Waals surface area (Å²) in [5.41, 5.74) is 3.21. The van der Waals surface area contributed by atoms with Crippen LogP contribution in [0.5, 0.6) is 5.88 Å². The summed E-state index contributed by atoms with van der Waals surface area (Å²) in [4.78, 5) is 12.9. The van der Waals surface area contributed by atoms with Gasteiger partial charge in [-0.25, -0.2) is 14.5 Å². The van der Waals surface area contributed by atoms with E-state index in [1.807, 2.05) is 10.6 Å². The molecular weight excluding hydrogens is 382 g/mol. The number of hydrogen-bond acceptors (Lipinski definition) is 6. The van der Waals surface area contributed by atoms with Gasteiger partial charge < -0.3 is 4.74 Å². The molecule has 5 rings (SSSR count). The molecule has 0 bridgehead atoms. The number of rotatable bonds is 5. The van der Waals surface area contributed by atoms with E-state index < -0.39 is 0 Å². The number of aromatic nitrogens is 4. The Labute approximate surface area is 173 Å². The van der Waals surface area contributed by atoms with Crippen LogP contribution < -0.4 is 4.74 Å². The lowest BCUT2D eigenvalue weighted by Crippen LogP contribution is -2.34. The monoisotopic (exact) mass is 405 g/mol. The molecule has 6 nitrogen and oxygen atoms in total. The molecule has 1 saturated heterocycles. The molecule has 4 aromatic rings. The van der Waals surface area contributed by atoms with Crippen molar-refractivity contribution in [3.8, 4) is 16.3 Å². The molecule has 0 radical (unpaired) electrons. The second-order valence-corrected chi connectivity index (χ2v) is 8.36. The number of ether oxygens (including phenoxy) is 1. The fourth-order valence-corrected chi connectivity index (χ4v) is 4.76. The lowest BCUT2D eigenvalue weighted by Gasteiger charge is -2.31. The van der Waals surface area contributed by atoms with Crippen LogP contribution in [0.1, 0.15) is 30.1 Å². The fraction of sp³-hybridized carbons (Fsp3) is 0.318. The summed E-state index contributed by atoms with van der Waals surface area (Å²) in [6.45, 7) is 2.86.